The largest absolute Gasteiger partial charge is 0.467 e. The monoisotopic (exact) mass is 1230 g/mol. The number of fused-ring (bicyclic) bond motifs is 2. The van der Waals surface area contributed by atoms with Crippen LogP contribution >= 0.6 is 0 Å². The Morgan fingerprint density at radius 3 is 1.67 bits per heavy atom. The SMILES string of the molecule is CCOS(=O)(=O)CC[C@H]1O[C@H](O[C@H]2[C@H](OC)[C@@H](OC(C)=O)[C@H](O[C@H]3[C@H](OCc4ccccc4)[C@@H](OCc4ccccc4)[C@@H](OC)O[C@@H]3COCc3ccccc3)O[C@H]2C(=O)OC)[C@@H]2O[C@@](C)(OC)[C@](C)(OC)O[C@H]2[C@@H]1OCc1ccc2ccccc2c1. The number of methoxy groups -OCH3 is 5. The molecule has 22 nitrogen and oxygen atoms in total. The summed E-state index contributed by atoms with van der Waals surface area (Å²) in [7, 11) is 2.70. The fourth-order valence-electron chi connectivity index (χ4n) is 11.3. The lowest BCUT2D eigenvalue weighted by molar-refractivity contribution is -0.489. The molecule has 23 heteroatoms. The molecule has 0 saturated carbocycles. The van der Waals surface area contributed by atoms with Crippen molar-refractivity contribution < 1.29 is 103 Å². The number of rotatable bonds is 28. The lowest BCUT2D eigenvalue weighted by Crippen LogP contribution is -2.74. The molecule has 4 fully saturated rings. The summed E-state index contributed by atoms with van der Waals surface area (Å²) >= 11 is 0. The maximum atomic E-state index is 14.5. The molecule has 0 aromatic heterocycles. The van der Waals surface area contributed by atoms with Gasteiger partial charge in [-0.25, -0.2) is 4.79 Å². The van der Waals surface area contributed by atoms with Crippen LogP contribution in [0.4, 0.5) is 0 Å². The van der Waals surface area contributed by atoms with Crippen molar-refractivity contribution in [2.24, 2.45) is 0 Å². The Morgan fingerprint density at radius 2 is 1.08 bits per heavy atom. The standard InChI is InChI=1S/C64H80O22S/c1-10-78-87(67,68)33-32-47-49(75-38-44-30-31-45-28-20-21-29-46(45)34-44)54-58(86-64(4,73-9)63(3,72-8)85-54)62(80-47)83-53-51(69-5)57(79-40(2)65)61(84-55(53)59(66)70-6)82-50-48(39-74-35-41-22-14-11-15-23-41)81-60(71-7)56(77-37-43-26-18-13-19-27-43)52(50)76-36-42-24-16-12-17-25-42/h11-31,34,47-58,60-62H,10,32-33,35-39H2,1-9H3/t47-,48-,49-,50-,51+,52+,53+,54+,55-,56-,57-,58-,60+,61-,62-,63-,64-/m1/s1. The predicted octanol–water partition coefficient (Wildman–Crippen LogP) is 7.09. The van der Waals surface area contributed by atoms with Gasteiger partial charge in [0.1, 0.15) is 54.9 Å². The van der Waals surface area contributed by atoms with Crippen molar-refractivity contribution >= 4 is 32.8 Å². The first-order valence-electron chi connectivity index (χ1n) is 29.0. The summed E-state index contributed by atoms with van der Waals surface area (Å²) in [6.07, 6.45) is -19.8. The minimum absolute atomic E-state index is 0.0191. The molecule has 0 spiro atoms. The van der Waals surface area contributed by atoms with Gasteiger partial charge in [0.15, 0.2) is 31.1 Å². The molecule has 0 amide bonds. The van der Waals surface area contributed by atoms with Gasteiger partial charge in [0.25, 0.3) is 10.1 Å². The normalized spacial score (nSPS) is 31.9. The van der Waals surface area contributed by atoms with E-state index in [0.717, 1.165) is 40.1 Å². The van der Waals surface area contributed by atoms with Gasteiger partial charge >= 0.3 is 11.9 Å². The first kappa shape index (κ1) is 66.0. The van der Waals surface area contributed by atoms with Crippen LogP contribution in [0, 0.1) is 0 Å². The minimum Gasteiger partial charge on any atom is -0.467 e. The van der Waals surface area contributed by atoms with Crippen LogP contribution in [0.2, 0.25) is 0 Å². The van der Waals surface area contributed by atoms with E-state index in [1.807, 2.05) is 133 Å². The zero-order valence-corrected chi connectivity index (χ0v) is 51.2. The summed E-state index contributed by atoms with van der Waals surface area (Å²) in [5, 5.41) is 1.99. The Labute approximate surface area is 508 Å². The van der Waals surface area contributed by atoms with Gasteiger partial charge in [-0.15, -0.1) is 0 Å². The predicted molar refractivity (Wildman–Crippen MR) is 310 cm³/mol. The first-order valence-corrected chi connectivity index (χ1v) is 30.5. The molecule has 9 rings (SSSR count). The Kier molecular flexibility index (Phi) is 23.1. The van der Waals surface area contributed by atoms with Crippen molar-refractivity contribution in [3.8, 4) is 0 Å². The fourth-order valence-corrected chi connectivity index (χ4v) is 12.3. The van der Waals surface area contributed by atoms with Crippen molar-refractivity contribution in [2.45, 2.75) is 164 Å². The van der Waals surface area contributed by atoms with Crippen molar-refractivity contribution in [3.63, 3.8) is 0 Å². The lowest BCUT2D eigenvalue weighted by atomic mass is 9.92. The van der Waals surface area contributed by atoms with Crippen LogP contribution in [-0.4, -0.2) is 179 Å². The molecule has 0 N–H and O–H groups in total. The van der Waals surface area contributed by atoms with E-state index >= 15 is 0 Å². The van der Waals surface area contributed by atoms with Gasteiger partial charge in [0, 0.05) is 35.4 Å². The van der Waals surface area contributed by atoms with E-state index in [2.05, 4.69) is 0 Å². The third kappa shape index (κ3) is 16.0. The molecule has 0 bridgehead atoms. The van der Waals surface area contributed by atoms with Gasteiger partial charge in [-0.2, -0.15) is 8.42 Å². The maximum Gasteiger partial charge on any atom is 0.337 e. The smallest absolute Gasteiger partial charge is 0.337 e. The quantitative estimate of drug-likeness (QED) is 0.0359. The Morgan fingerprint density at radius 1 is 0.529 bits per heavy atom. The molecule has 5 aromatic carbocycles. The molecule has 5 aromatic rings. The van der Waals surface area contributed by atoms with E-state index < -0.39 is 132 Å². The summed E-state index contributed by atoms with van der Waals surface area (Å²) in [6.45, 7) is 6.18. The first-order chi connectivity index (χ1) is 42.0. The maximum absolute atomic E-state index is 14.5. The summed E-state index contributed by atoms with van der Waals surface area (Å²) in [5.74, 6) is -5.58. The van der Waals surface area contributed by atoms with Gasteiger partial charge < -0.3 is 80.5 Å². The average Bonchev–Trinajstić information content (AvgIpc) is 1.47. The molecule has 474 valence electrons. The molecule has 4 aliphatic rings. The third-order valence-corrected chi connectivity index (χ3v) is 17.3. The summed E-state index contributed by atoms with van der Waals surface area (Å²) in [5.41, 5.74) is 3.36. The highest BCUT2D eigenvalue weighted by atomic mass is 32.2. The van der Waals surface area contributed by atoms with E-state index in [-0.39, 0.29) is 46.1 Å². The van der Waals surface area contributed by atoms with Crippen LogP contribution < -0.4 is 0 Å². The summed E-state index contributed by atoms with van der Waals surface area (Å²) in [6, 6.07) is 42.3. The average molecular weight is 1230 g/mol. The second-order valence-electron chi connectivity index (χ2n) is 21.6. The third-order valence-electron chi connectivity index (χ3n) is 16.0. The zero-order valence-electron chi connectivity index (χ0n) is 50.4. The van der Waals surface area contributed by atoms with E-state index in [1.165, 1.54) is 35.4 Å². The second-order valence-corrected chi connectivity index (χ2v) is 23.4. The number of benzene rings is 5. The second kappa shape index (κ2) is 30.4. The number of hydrogen-bond donors (Lipinski definition) is 0. The van der Waals surface area contributed by atoms with E-state index in [9.17, 15) is 18.0 Å². The number of carbonyl (C=O) groups is 2. The van der Waals surface area contributed by atoms with Crippen molar-refractivity contribution in [1.82, 2.24) is 0 Å². The molecule has 87 heavy (non-hydrogen) atoms. The number of ether oxygens (including phenoxy) is 17. The molecule has 4 heterocycles. The summed E-state index contributed by atoms with van der Waals surface area (Å²) < 4.78 is 143. The molecule has 17 atom stereocenters. The van der Waals surface area contributed by atoms with Crippen molar-refractivity contribution in [2.75, 3.05) is 54.5 Å². The van der Waals surface area contributed by atoms with E-state index in [0.29, 0.717) is 0 Å². The fraction of sp³-hybridized carbons (Fsp3) is 0.531. The molecular weight excluding hydrogens is 1150 g/mol. The zero-order chi connectivity index (χ0) is 61.7. The molecule has 0 radical (unpaired) electrons. The van der Waals surface area contributed by atoms with Gasteiger partial charge in [0.2, 0.25) is 11.6 Å². The topological polar surface area (TPSA) is 234 Å². The van der Waals surface area contributed by atoms with E-state index in [4.69, 9.17) is 84.7 Å². The van der Waals surface area contributed by atoms with Crippen LogP contribution in [0.1, 0.15) is 56.4 Å². The molecular formula is C64H80O22S. The van der Waals surface area contributed by atoms with Gasteiger partial charge in [-0.05, 0) is 66.3 Å². The van der Waals surface area contributed by atoms with Crippen molar-refractivity contribution in [3.05, 3.63) is 156 Å². The highest BCUT2D eigenvalue weighted by molar-refractivity contribution is 7.86. The Balaban J connectivity index is 1.09. The highest BCUT2D eigenvalue weighted by Crippen LogP contribution is 2.46. The number of carbonyl (C=O) groups excluding carboxylic acids is 2. The molecule has 4 aliphatic heterocycles. The lowest BCUT2D eigenvalue weighted by Gasteiger charge is -2.57. The molecule has 0 unspecified atom stereocenters. The van der Waals surface area contributed by atoms with Crippen LogP contribution in [0.15, 0.2) is 133 Å². The summed E-state index contributed by atoms with van der Waals surface area (Å²) in [4.78, 5) is 28.0. The Hall–Kier alpha value is -5.39. The van der Waals surface area contributed by atoms with Crippen LogP contribution in [0.5, 0.6) is 0 Å². The number of hydrogen-bond acceptors (Lipinski definition) is 22. The van der Waals surface area contributed by atoms with Crippen molar-refractivity contribution in [1.29, 1.82) is 0 Å². The number of esters is 2. The molecule has 0 aliphatic carbocycles. The van der Waals surface area contributed by atoms with Gasteiger partial charge in [-0.1, -0.05) is 127 Å². The van der Waals surface area contributed by atoms with E-state index in [1.54, 1.807) is 20.8 Å². The molecule has 4 saturated heterocycles. The van der Waals surface area contributed by atoms with Crippen LogP contribution in [-0.2, 0) is 131 Å². The van der Waals surface area contributed by atoms with Gasteiger partial charge in [-0.3, -0.25) is 8.98 Å². The van der Waals surface area contributed by atoms with Crippen LogP contribution in [0.25, 0.3) is 10.8 Å². The van der Waals surface area contributed by atoms with Crippen LogP contribution in [0.3, 0.4) is 0 Å². The van der Waals surface area contributed by atoms with Gasteiger partial charge in [0.05, 0.1) is 58.6 Å². The minimum atomic E-state index is -4.11. The highest BCUT2D eigenvalue weighted by Gasteiger charge is 2.65. The Bertz CT molecular complexity index is 3070.